The predicted octanol–water partition coefficient (Wildman–Crippen LogP) is 2.62. The van der Waals surface area contributed by atoms with Crippen LogP contribution in [0.4, 0.5) is 0 Å². The molecule has 0 aliphatic rings. The normalized spacial score (nSPS) is 12.2. The van der Waals surface area contributed by atoms with Crippen LogP contribution in [-0.4, -0.2) is 0 Å². The molecule has 0 aliphatic carbocycles. The van der Waals surface area contributed by atoms with Crippen LogP contribution in [0.1, 0.15) is 30.5 Å². The van der Waals surface area contributed by atoms with Crippen LogP contribution in [0.25, 0.3) is 0 Å². The van der Waals surface area contributed by atoms with E-state index in [1.807, 2.05) is 19.1 Å². The molecule has 3 heteroatoms. The van der Waals surface area contributed by atoms with Crippen LogP contribution in [0.15, 0.2) is 18.2 Å². The number of nitrogens with zero attached hydrogens (tertiary/aromatic N) is 1. The fourth-order valence-corrected chi connectivity index (χ4v) is 1.32. The zero-order valence-corrected chi connectivity index (χ0v) is 8.17. The number of hydrogen-bond donors (Lipinski definition) is 1. The van der Waals surface area contributed by atoms with Gasteiger partial charge in [0, 0.05) is 6.04 Å². The highest BCUT2D eigenvalue weighted by atomic mass is 35.5. The van der Waals surface area contributed by atoms with Gasteiger partial charge in [0.05, 0.1) is 10.6 Å². The van der Waals surface area contributed by atoms with Crippen molar-refractivity contribution in [1.82, 2.24) is 0 Å². The average molecular weight is 195 g/mol. The van der Waals surface area contributed by atoms with E-state index in [0.29, 0.717) is 10.6 Å². The third kappa shape index (κ3) is 2.21. The smallest absolute Gasteiger partial charge is 0.101 e. The molecule has 2 nitrogen and oxygen atoms in total. The SMILES string of the molecule is CCC(N)c1ccc(C#N)c(Cl)c1. The molecule has 1 rings (SSSR count). The Kier molecular flexibility index (Phi) is 3.30. The summed E-state index contributed by atoms with van der Waals surface area (Å²) in [5.74, 6) is 0. The summed E-state index contributed by atoms with van der Waals surface area (Å²) in [6, 6.07) is 7.32. The Morgan fingerprint density at radius 1 is 1.62 bits per heavy atom. The van der Waals surface area contributed by atoms with Gasteiger partial charge in [0.2, 0.25) is 0 Å². The van der Waals surface area contributed by atoms with Gasteiger partial charge in [0.25, 0.3) is 0 Å². The molecule has 68 valence electrons. The van der Waals surface area contributed by atoms with Gasteiger partial charge in [-0.3, -0.25) is 0 Å². The highest BCUT2D eigenvalue weighted by Crippen LogP contribution is 2.21. The van der Waals surface area contributed by atoms with Gasteiger partial charge in [0.1, 0.15) is 6.07 Å². The summed E-state index contributed by atoms with van der Waals surface area (Å²) in [5, 5.41) is 9.12. The second-order valence-corrected chi connectivity index (χ2v) is 3.27. The van der Waals surface area contributed by atoms with Crippen molar-refractivity contribution in [3.63, 3.8) is 0 Å². The Morgan fingerprint density at radius 3 is 2.77 bits per heavy atom. The largest absolute Gasteiger partial charge is 0.324 e. The molecule has 0 radical (unpaired) electrons. The highest BCUT2D eigenvalue weighted by molar-refractivity contribution is 6.31. The van der Waals surface area contributed by atoms with Crippen molar-refractivity contribution in [3.8, 4) is 6.07 Å². The number of hydrogen-bond acceptors (Lipinski definition) is 2. The number of nitriles is 1. The van der Waals surface area contributed by atoms with Crippen molar-refractivity contribution in [3.05, 3.63) is 34.3 Å². The lowest BCUT2D eigenvalue weighted by Crippen LogP contribution is -2.08. The van der Waals surface area contributed by atoms with E-state index in [1.165, 1.54) is 0 Å². The predicted molar refractivity (Wildman–Crippen MR) is 53.4 cm³/mol. The molecular weight excluding hydrogens is 184 g/mol. The van der Waals surface area contributed by atoms with Crippen LogP contribution in [0, 0.1) is 11.3 Å². The molecule has 0 saturated heterocycles. The summed E-state index contributed by atoms with van der Waals surface area (Å²) in [7, 11) is 0. The first-order valence-electron chi connectivity index (χ1n) is 4.14. The van der Waals surface area contributed by atoms with Gasteiger partial charge >= 0.3 is 0 Å². The van der Waals surface area contributed by atoms with E-state index >= 15 is 0 Å². The van der Waals surface area contributed by atoms with E-state index in [9.17, 15) is 0 Å². The molecule has 0 aliphatic heterocycles. The van der Waals surface area contributed by atoms with Crippen molar-refractivity contribution in [2.75, 3.05) is 0 Å². The summed E-state index contributed by atoms with van der Waals surface area (Å²) in [4.78, 5) is 0. The second-order valence-electron chi connectivity index (χ2n) is 2.87. The van der Waals surface area contributed by atoms with E-state index in [1.54, 1.807) is 12.1 Å². The molecule has 0 fully saturated rings. The number of halogens is 1. The van der Waals surface area contributed by atoms with E-state index in [4.69, 9.17) is 22.6 Å². The maximum absolute atomic E-state index is 8.64. The van der Waals surface area contributed by atoms with Crippen molar-refractivity contribution >= 4 is 11.6 Å². The third-order valence-electron chi connectivity index (χ3n) is 1.98. The quantitative estimate of drug-likeness (QED) is 0.787. The molecule has 2 N–H and O–H groups in total. The average Bonchev–Trinajstić information content (AvgIpc) is 2.16. The Bertz CT molecular complexity index is 341. The van der Waals surface area contributed by atoms with Gasteiger partial charge in [-0.25, -0.2) is 0 Å². The van der Waals surface area contributed by atoms with Gasteiger partial charge in [-0.05, 0) is 24.1 Å². The van der Waals surface area contributed by atoms with Crippen LogP contribution < -0.4 is 5.73 Å². The topological polar surface area (TPSA) is 49.8 Å². The highest BCUT2D eigenvalue weighted by Gasteiger charge is 2.05. The minimum absolute atomic E-state index is 0.00485. The van der Waals surface area contributed by atoms with Gasteiger partial charge in [-0.15, -0.1) is 0 Å². The monoisotopic (exact) mass is 194 g/mol. The maximum Gasteiger partial charge on any atom is 0.101 e. The van der Waals surface area contributed by atoms with Crippen LogP contribution in [-0.2, 0) is 0 Å². The lowest BCUT2D eigenvalue weighted by Gasteiger charge is -2.09. The molecule has 0 heterocycles. The molecule has 0 aromatic heterocycles. The van der Waals surface area contributed by atoms with Crippen molar-refractivity contribution in [1.29, 1.82) is 5.26 Å². The van der Waals surface area contributed by atoms with Crippen LogP contribution in [0.3, 0.4) is 0 Å². The van der Waals surface area contributed by atoms with Crippen LogP contribution >= 0.6 is 11.6 Å². The summed E-state index contributed by atoms with van der Waals surface area (Å²) >= 11 is 5.85. The summed E-state index contributed by atoms with van der Waals surface area (Å²) in [5.41, 5.74) is 7.29. The minimum atomic E-state index is 0.00485. The van der Waals surface area contributed by atoms with Crippen LogP contribution in [0.5, 0.6) is 0 Å². The van der Waals surface area contributed by atoms with E-state index < -0.39 is 0 Å². The van der Waals surface area contributed by atoms with Gasteiger partial charge in [0.15, 0.2) is 0 Å². The molecule has 0 bridgehead atoms. The van der Waals surface area contributed by atoms with E-state index in [-0.39, 0.29) is 6.04 Å². The first-order chi connectivity index (χ1) is 6.19. The summed E-state index contributed by atoms with van der Waals surface area (Å²) in [6.07, 6.45) is 0.863. The van der Waals surface area contributed by atoms with E-state index in [2.05, 4.69) is 0 Å². The Balaban J connectivity index is 3.04. The number of rotatable bonds is 2. The second kappa shape index (κ2) is 4.27. The van der Waals surface area contributed by atoms with Crippen molar-refractivity contribution in [2.45, 2.75) is 19.4 Å². The van der Waals surface area contributed by atoms with Crippen molar-refractivity contribution in [2.24, 2.45) is 5.73 Å². The fourth-order valence-electron chi connectivity index (χ4n) is 1.09. The molecule has 1 unspecified atom stereocenters. The zero-order chi connectivity index (χ0) is 9.84. The Hall–Kier alpha value is -1.04. The molecular formula is C10H11ClN2. The Labute approximate surface area is 82.9 Å². The standard InChI is InChI=1S/C10H11ClN2/c1-2-10(13)7-3-4-8(6-12)9(11)5-7/h3-5,10H,2,13H2,1H3. The number of nitrogens with two attached hydrogens (primary N) is 1. The lowest BCUT2D eigenvalue weighted by molar-refractivity contribution is 0.699. The van der Waals surface area contributed by atoms with Gasteiger partial charge in [-0.2, -0.15) is 5.26 Å². The maximum atomic E-state index is 8.64. The van der Waals surface area contributed by atoms with Crippen molar-refractivity contribution < 1.29 is 0 Å². The fraction of sp³-hybridized carbons (Fsp3) is 0.300. The first-order valence-corrected chi connectivity index (χ1v) is 4.52. The molecule has 0 saturated carbocycles. The molecule has 1 aromatic rings. The Morgan fingerprint density at radius 2 is 2.31 bits per heavy atom. The van der Waals surface area contributed by atoms with Crippen LogP contribution in [0.2, 0.25) is 5.02 Å². The zero-order valence-electron chi connectivity index (χ0n) is 7.42. The molecule has 1 atom stereocenters. The van der Waals surface area contributed by atoms with Gasteiger partial charge < -0.3 is 5.73 Å². The van der Waals surface area contributed by atoms with Gasteiger partial charge in [-0.1, -0.05) is 24.6 Å². The third-order valence-corrected chi connectivity index (χ3v) is 2.29. The first kappa shape index (κ1) is 10.0. The number of benzene rings is 1. The molecule has 0 spiro atoms. The minimum Gasteiger partial charge on any atom is -0.324 e. The molecule has 0 amide bonds. The van der Waals surface area contributed by atoms with E-state index in [0.717, 1.165) is 12.0 Å². The molecule has 13 heavy (non-hydrogen) atoms. The summed E-state index contributed by atoms with van der Waals surface area (Å²) in [6.45, 7) is 2.01. The lowest BCUT2D eigenvalue weighted by atomic mass is 10.0. The molecule has 1 aromatic carbocycles. The summed E-state index contributed by atoms with van der Waals surface area (Å²) < 4.78 is 0.